The van der Waals surface area contributed by atoms with Crippen molar-refractivity contribution in [2.24, 2.45) is 0 Å². The van der Waals surface area contributed by atoms with Gasteiger partial charge in [-0.3, -0.25) is 0 Å². The highest BCUT2D eigenvalue weighted by Crippen LogP contribution is 2.32. The molecule has 1 aromatic rings. The highest BCUT2D eigenvalue weighted by atomic mass is 19.2. The maximum absolute atomic E-state index is 13.5. The molecule has 0 bridgehead atoms. The SMILES string of the molecule is OC(Cc1cccc(F)c1F)C1(O)CCCCC1. The minimum Gasteiger partial charge on any atom is -0.390 e. The van der Waals surface area contributed by atoms with E-state index in [1.165, 1.54) is 12.1 Å². The Kier molecular flexibility index (Phi) is 3.97. The van der Waals surface area contributed by atoms with Crippen molar-refractivity contribution in [3.63, 3.8) is 0 Å². The standard InChI is InChI=1S/C14H18F2O2/c15-11-6-4-5-10(13(11)16)9-12(17)14(18)7-2-1-3-8-14/h4-6,12,17-18H,1-3,7-9H2. The Morgan fingerprint density at radius 3 is 2.50 bits per heavy atom. The normalized spacial score (nSPS) is 20.7. The van der Waals surface area contributed by atoms with Gasteiger partial charge in [-0.05, 0) is 24.5 Å². The molecule has 1 atom stereocenters. The van der Waals surface area contributed by atoms with Gasteiger partial charge in [-0.1, -0.05) is 31.4 Å². The minimum atomic E-state index is -1.16. The topological polar surface area (TPSA) is 40.5 Å². The summed E-state index contributed by atoms with van der Waals surface area (Å²) in [7, 11) is 0. The fraction of sp³-hybridized carbons (Fsp3) is 0.571. The van der Waals surface area contributed by atoms with Crippen LogP contribution in [0.3, 0.4) is 0 Å². The van der Waals surface area contributed by atoms with Crippen LogP contribution in [-0.4, -0.2) is 21.9 Å². The van der Waals surface area contributed by atoms with E-state index in [0.717, 1.165) is 25.3 Å². The first-order valence-corrected chi connectivity index (χ1v) is 6.36. The Morgan fingerprint density at radius 2 is 1.83 bits per heavy atom. The average molecular weight is 256 g/mol. The van der Waals surface area contributed by atoms with E-state index in [2.05, 4.69) is 0 Å². The van der Waals surface area contributed by atoms with Crippen molar-refractivity contribution in [3.05, 3.63) is 35.4 Å². The molecule has 2 rings (SSSR count). The molecule has 0 radical (unpaired) electrons. The average Bonchev–Trinajstić information content (AvgIpc) is 2.36. The van der Waals surface area contributed by atoms with E-state index < -0.39 is 23.3 Å². The minimum absolute atomic E-state index is 0.0555. The summed E-state index contributed by atoms with van der Waals surface area (Å²) in [4.78, 5) is 0. The summed E-state index contributed by atoms with van der Waals surface area (Å²) in [5.74, 6) is -1.86. The first-order valence-electron chi connectivity index (χ1n) is 6.36. The van der Waals surface area contributed by atoms with Crippen molar-refractivity contribution >= 4 is 0 Å². The van der Waals surface area contributed by atoms with Crippen LogP contribution in [0.2, 0.25) is 0 Å². The largest absolute Gasteiger partial charge is 0.390 e. The van der Waals surface area contributed by atoms with Crippen LogP contribution >= 0.6 is 0 Å². The molecule has 1 aliphatic carbocycles. The summed E-state index contributed by atoms with van der Waals surface area (Å²) >= 11 is 0. The van der Waals surface area contributed by atoms with Crippen molar-refractivity contribution in [1.29, 1.82) is 0 Å². The summed E-state index contributed by atoms with van der Waals surface area (Å²) in [5.41, 5.74) is -1.04. The zero-order valence-electron chi connectivity index (χ0n) is 10.2. The maximum atomic E-state index is 13.5. The van der Waals surface area contributed by atoms with Crippen molar-refractivity contribution in [1.82, 2.24) is 0 Å². The third-order valence-corrected chi connectivity index (χ3v) is 3.78. The van der Waals surface area contributed by atoms with Gasteiger partial charge in [-0.15, -0.1) is 0 Å². The molecular weight excluding hydrogens is 238 g/mol. The first-order chi connectivity index (χ1) is 8.53. The van der Waals surface area contributed by atoms with Crippen molar-refractivity contribution in [2.45, 2.75) is 50.2 Å². The van der Waals surface area contributed by atoms with Crippen LogP contribution in [0.15, 0.2) is 18.2 Å². The third-order valence-electron chi connectivity index (χ3n) is 3.78. The molecule has 0 aliphatic heterocycles. The zero-order valence-corrected chi connectivity index (χ0v) is 10.2. The summed E-state index contributed by atoms with van der Waals surface area (Å²) in [6.07, 6.45) is 2.70. The van der Waals surface area contributed by atoms with Gasteiger partial charge in [0, 0.05) is 6.42 Å². The highest BCUT2D eigenvalue weighted by Gasteiger charge is 2.37. The van der Waals surface area contributed by atoms with Gasteiger partial charge < -0.3 is 10.2 Å². The Labute approximate surface area is 105 Å². The molecule has 0 saturated heterocycles. The van der Waals surface area contributed by atoms with E-state index in [0.29, 0.717) is 12.8 Å². The second kappa shape index (κ2) is 5.33. The second-order valence-electron chi connectivity index (χ2n) is 5.10. The molecular formula is C14H18F2O2. The fourth-order valence-electron chi connectivity index (χ4n) is 2.60. The predicted octanol–water partition coefficient (Wildman–Crippen LogP) is 2.56. The molecule has 0 aromatic heterocycles. The molecule has 0 heterocycles. The van der Waals surface area contributed by atoms with Crippen molar-refractivity contribution < 1.29 is 19.0 Å². The maximum Gasteiger partial charge on any atom is 0.162 e. The van der Waals surface area contributed by atoms with Crippen LogP contribution in [0.25, 0.3) is 0 Å². The number of hydrogen-bond acceptors (Lipinski definition) is 2. The number of aliphatic hydroxyl groups excluding tert-OH is 1. The lowest BCUT2D eigenvalue weighted by atomic mass is 9.79. The van der Waals surface area contributed by atoms with Crippen LogP contribution in [0.1, 0.15) is 37.7 Å². The molecule has 0 spiro atoms. The fourth-order valence-corrected chi connectivity index (χ4v) is 2.60. The summed E-state index contributed by atoms with van der Waals surface area (Å²) in [6, 6.07) is 3.89. The molecule has 0 amide bonds. The Hall–Kier alpha value is -1.00. The number of benzene rings is 1. The lowest BCUT2D eigenvalue weighted by molar-refractivity contribution is -0.0963. The van der Waals surface area contributed by atoms with Gasteiger partial charge in [-0.2, -0.15) is 0 Å². The van der Waals surface area contributed by atoms with Gasteiger partial charge in [0.15, 0.2) is 11.6 Å². The lowest BCUT2D eigenvalue weighted by Crippen LogP contribution is -2.45. The molecule has 100 valence electrons. The molecule has 2 N–H and O–H groups in total. The zero-order chi connectivity index (χ0) is 13.2. The van der Waals surface area contributed by atoms with E-state index >= 15 is 0 Å². The van der Waals surface area contributed by atoms with Crippen LogP contribution in [0, 0.1) is 11.6 Å². The lowest BCUT2D eigenvalue weighted by Gasteiger charge is -2.36. The Balaban J connectivity index is 2.10. The molecule has 1 saturated carbocycles. The quantitative estimate of drug-likeness (QED) is 0.872. The summed E-state index contributed by atoms with van der Waals surface area (Å²) in [6.45, 7) is 0. The van der Waals surface area contributed by atoms with Crippen molar-refractivity contribution in [3.8, 4) is 0 Å². The van der Waals surface area contributed by atoms with E-state index in [9.17, 15) is 19.0 Å². The van der Waals surface area contributed by atoms with Crippen molar-refractivity contribution in [2.75, 3.05) is 0 Å². The van der Waals surface area contributed by atoms with Crippen LogP contribution in [0.5, 0.6) is 0 Å². The molecule has 1 aromatic carbocycles. The van der Waals surface area contributed by atoms with E-state index in [1.807, 2.05) is 0 Å². The summed E-state index contributed by atoms with van der Waals surface area (Å²) in [5, 5.41) is 20.4. The van der Waals surface area contributed by atoms with Crippen LogP contribution in [-0.2, 0) is 6.42 Å². The summed E-state index contributed by atoms with van der Waals surface area (Å²) < 4.78 is 26.5. The smallest absolute Gasteiger partial charge is 0.162 e. The van der Waals surface area contributed by atoms with E-state index in [4.69, 9.17) is 0 Å². The van der Waals surface area contributed by atoms with Gasteiger partial charge in [-0.25, -0.2) is 8.78 Å². The van der Waals surface area contributed by atoms with Gasteiger partial charge in [0.05, 0.1) is 11.7 Å². The Bertz CT molecular complexity index is 414. The Morgan fingerprint density at radius 1 is 1.17 bits per heavy atom. The number of hydrogen-bond donors (Lipinski definition) is 2. The number of aliphatic hydroxyl groups is 2. The van der Waals surface area contributed by atoms with Gasteiger partial charge in [0.2, 0.25) is 0 Å². The highest BCUT2D eigenvalue weighted by molar-refractivity contribution is 5.20. The molecule has 18 heavy (non-hydrogen) atoms. The van der Waals surface area contributed by atoms with Crippen LogP contribution in [0.4, 0.5) is 8.78 Å². The van der Waals surface area contributed by atoms with Gasteiger partial charge in [0.1, 0.15) is 0 Å². The van der Waals surface area contributed by atoms with E-state index in [-0.39, 0.29) is 12.0 Å². The molecule has 1 unspecified atom stereocenters. The second-order valence-corrected chi connectivity index (χ2v) is 5.10. The molecule has 2 nitrogen and oxygen atoms in total. The monoisotopic (exact) mass is 256 g/mol. The molecule has 1 aliphatic rings. The van der Waals surface area contributed by atoms with Gasteiger partial charge >= 0.3 is 0 Å². The van der Waals surface area contributed by atoms with E-state index in [1.54, 1.807) is 0 Å². The number of rotatable bonds is 3. The molecule has 4 heteroatoms. The number of halogens is 2. The van der Waals surface area contributed by atoms with Gasteiger partial charge in [0.25, 0.3) is 0 Å². The third kappa shape index (κ3) is 2.70. The predicted molar refractivity (Wildman–Crippen MR) is 64.1 cm³/mol. The first kappa shape index (κ1) is 13.4. The molecule has 1 fully saturated rings. The van der Waals surface area contributed by atoms with Crippen LogP contribution < -0.4 is 0 Å².